The Morgan fingerprint density at radius 2 is 1.62 bits per heavy atom. The van der Waals surface area contributed by atoms with E-state index in [1.165, 1.54) is 0 Å². The van der Waals surface area contributed by atoms with Gasteiger partial charge in [-0.15, -0.1) is 0 Å². The van der Waals surface area contributed by atoms with Crippen LogP contribution in [0, 0.1) is 0 Å². The number of carboxylic acid groups (broad SMARTS) is 1. The number of ether oxygens (including phenoxy) is 1. The van der Waals surface area contributed by atoms with E-state index >= 15 is 0 Å². The monoisotopic (exact) mass is 469 g/mol. The predicted molar refractivity (Wildman–Crippen MR) is 123 cm³/mol. The molecule has 3 aromatic carbocycles. The van der Waals surface area contributed by atoms with Crippen molar-refractivity contribution < 1.29 is 19.4 Å². The number of carboxylic acids is 1. The van der Waals surface area contributed by atoms with Gasteiger partial charge >= 0.3 is 5.97 Å². The quantitative estimate of drug-likeness (QED) is 0.504. The predicted octanol–water partition coefficient (Wildman–Crippen LogP) is 5.68. The van der Waals surface area contributed by atoms with Gasteiger partial charge in [0.2, 0.25) is 0 Å². The van der Waals surface area contributed by atoms with Crippen molar-refractivity contribution in [3.05, 3.63) is 106 Å². The molecule has 1 heterocycles. The molecule has 7 heteroatoms. The molecule has 164 valence electrons. The number of carbonyl (C=O) groups is 2. The smallest absolute Gasteiger partial charge is 0.306 e. The lowest BCUT2D eigenvalue weighted by atomic mass is 9.90. The molecule has 4 rings (SSSR count). The highest BCUT2D eigenvalue weighted by Crippen LogP contribution is 2.43. The summed E-state index contributed by atoms with van der Waals surface area (Å²) in [6.07, 6.45) is -2.14. The molecular formula is C25H21Cl2NO4. The molecule has 32 heavy (non-hydrogen) atoms. The maximum absolute atomic E-state index is 13.4. The van der Waals surface area contributed by atoms with Gasteiger partial charge in [0.05, 0.1) is 12.5 Å². The molecule has 3 aromatic rings. The normalized spacial score (nSPS) is 20.9. The number of amides is 1. The van der Waals surface area contributed by atoms with Gasteiger partial charge in [0.25, 0.3) is 5.91 Å². The van der Waals surface area contributed by atoms with Crippen molar-refractivity contribution in [3.8, 4) is 0 Å². The summed E-state index contributed by atoms with van der Waals surface area (Å²) in [6.45, 7) is 0.309. The molecule has 1 saturated heterocycles. The van der Waals surface area contributed by atoms with Crippen molar-refractivity contribution in [2.24, 2.45) is 0 Å². The molecule has 1 N–H and O–H groups in total. The van der Waals surface area contributed by atoms with Crippen LogP contribution in [-0.2, 0) is 20.9 Å². The van der Waals surface area contributed by atoms with E-state index < -0.39 is 30.6 Å². The van der Waals surface area contributed by atoms with Gasteiger partial charge in [-0.2, -0.15) is 0 Å². The first-order valence-corrected chi connectivity index (χ1v) is 10.9. The summed E-state index contributed by atoms with van der Waals surface area (Å²) in [5, 5.41) is 10.5. The SMILES string of the molecule is O=C(O)C[C@@H]1O[C@@H](c2cccc(Cl)c2)[C@@H](c2ccc(Cl)cc2)N(Cc2ccccc2)C1=O. The molecule has 0 bridgehead atoms. The standard InChI is InChI=1S/C25H21Cl2NO4/c26-19-11-9-17(10-12-19)23-24(18-7-4-8-20(27)13-18)32-21(14-22(29)30)25(31)28(23)15-16-5-2-1-3-6-16/h1-13,21,23-24H,14-15H2,(H,29,30)/t21-,23+,24-/m0/s1. The topological polar surface area (TPSA) is 66.8 Å². The number of hydrogen-bond donors (Lipinski definition) is 1. The van der Waals surface area contributed by atoms with Crippen LogP contribution < -0.4 is 0 Å². The molecule has 5 nitrogen and oxygen atoms in total. The van der Waals surface area contributed by atoms with Gasteiger partial charge in [0.15, 0.2) is 0 Å². The second-order valence-electron chi connectivity index (χ2n) is 7.65. The molecule has 0 aliphatic carbocycles. The molecule has 0 radical (unpaired) electrons. The van der Waals surface area contributed by atoms with Crippen LogP contribution >= 0.6 is 23.2 Å². The first-order chi connectivity index (χ1) is 15.4. The fourth-order valence-electron chi connectivity index (χ4n) is 4.00. The minimum absolute atomic E-state index is 0.309. The number of nitrogens with zero attached hydrogens (tertiary/aromatic N) is 1. The fourth-order valence-corrected chi connectivity index (χ4v) is 4.33. The first kappa shape index (κ1) is 22.3. The Morgan fingerprint density at radius 1 is 0.906 bits per heavy atom. The summed E-state index contributed by atoms with van der Waals surface area (Å²) in [5.74, 6) is -1.47. The maximum atomic E-state index is 13.4. The molecule has 3 atom stereocenters. The third-order valence-corrected chi connectivity index (χ3v) is 5.92. The Balaban J connectivity index is 1.83. The van der Waals surface area contributed by atoms with E-state index in [1.54, 1.807) is 29.2 Å². The van der Waals surface area contributed by atoms with E-state index in [0.717, 1.165) is 16.7 Å². The van der Waals surface area contributed by atoms with E-state index in [0.29, 0.717) is 16.6 Å². The summed E-state index contributed by atoms with van der Waals surface area (Å²) in [7, 11) is 0. The Labute approximate surface area is 196 Å². The lowest BCUT2D eigenvalue weighted by Crippen LogP contribution is -2.51. The summed E-state index contributed by atoms with van der Waals surface area (Å²) in [6, 6.07) is 23.5. The van der Waals surface area contributed by atoms with Crippen LogP contribution in [-0.4, -0.2) is 28.0 Å². The zero-order valence-electron chi connectivity index (χ0n) is 17.0. The van der Waals surface area contributed by atoms with Crippen molar-refractivity contribution >= 4 is 35.1 Å². The minimum atomic E-state index is -1.11. The number of rotatable bonds is 6. The van der Waals surface area contributed by atoms with Gasteiger partial charge in [0, 0.05) is 16.6 Å². The second kappa shape index (κ2) is 9.74. The summed E-state index contributed by atoms with van der Waals surface area (Å²) >= 11 is 12.4. The third-order valence-electron chi connectivity index (χ3n) is 5.44. The lowest BCUT2D eigenvalue weighted by molar-refractivity contribution is -0.180. The summed E-state index contributed by atoms with van der Waals surface area (Å²) in [4.78, 5) is 26.6. The second-order valence-corrected chi connectivity index (χ2v) is 8.52. The van der Waals surface area contributed by atoms with Crippen LogP contribution in [0.5, 0.6) is 0 Å². The number of hydrogen-bond acceptors (Lipinski definition) is 3. The van der Waals surface area contributed by atoms with Crippen molar-refractivity contribution in [1.82, 2.24) is 4.90 Å². The Hall–Kier alpha value is -2.86. The Morgan fingerprint density at radius 3 is 2.28 bits per heavy atom. The van der Waals surface area contributed by atoms with Crippen LogP contribution in [0.15, 0.2) is 78.9 Å². The highest BCUT2D eigenvalue weighted by atomic mass is 35.5. The molecule has 1 amide bonds. The average molecular weight is 470 g/mol. The van der Waals surface area contributed by atoms with Gasteiger partial charge < -0.3 is 14.7 Å². The van der Waals surface area contributed by atoms with E-state index in [2.05, 4.69) is 0 Å². The number of morpholine rings is 1. The van der Waals surface area contributed by atoms with Gasteiger partial charge in [-0.3, -0.25) is 9.59 Å². The molecule has 0 unspecified atom stereocenters. The number of carbonyl (C=O) groups excluding carboxylic acids is 1. The fraction of sp³-hybridized carbons (Fsp3) is 0.200. The van der Waals surface area contributed by atoms with Crippen molar-refractivity contribution in [3.63, 3.8) is 0 Å². The summed E-state index contributed by atoms with van der Waals surface area (Å²) < 4.78 is 6.15. The highest BCUT2D eigenvalue weighted by Gasteiger charge is 2.44. The van der Waals surface area contributed by atoms with Crippen LogP contribution in [0.4, 0.5) is 0 Å². The first-order valence-electron chi connectivity index (χ1n) is 10.1. The van der Waals surface area contributed by atoms with E-state index in [1.807, 2.05) is 54.6 Å². The van der Waals surface area contributed by atoms with Crippen molar-refractivity contribution in [1.29, 1.82) is 0 Å². The minimum Gasteiger partial charge on any atom is -0.481 e. The Kier molecular flexibility index (Phi) is 6.80. The van der Waals surface area contributed by atoms with Gasteiger partial charge in [-0.25, -0.2) is 0 Å². The van der Waals surface area contributed by atoms with Crippen LogP contribution in [0.2, 0.25) is 10.0 Å². The number of halogens is 2. The summed E-state index contributed by atoms with van der Waals surface area (Å²) in [5.41, 5.74) is 2.52. The third kappa shape index (κ3) is 4.96. The van der Waals surface area contributed by atoms with Crippen LogP contribution in [0.3, 0.4) is 0 Å². The van der Waals surface area contributed by atoms with E-state index in [4.69, 9.17) is 27.9 Å². The average Bonchev–Trinajstić information content (AvgIpc) is 2.77. The van der Waals surface area contributed by atoms with Gasteiger partial charge in [0.1, 0.15) is 12.2 Å². The zero-order valence-corrected chi connectivity index (χ0v) is 18.5. The van der Waals surface area contributed by atoms with Crippen molar-refractivity contribution in [2.75, 3.05) is 0 Å². The largest absolute Gasteiger partial charge is 0.481 e. The molecule has 0 spiro atoms. The van der Waals surface area contributed by atoms with Crippen LogP contribution in [0.25, 0.3) is 0 Å². The van der Waals surface area contributed by atoms with E-state index in [-0.39, 0.29) is 5.91 Å². The number of benzene rings is 3. The molecular weight excluding hydrogens is 449 g/mol. The van der Waals surface area contributed by atoms with E-state index in [9.17, 15) is 14.7 Å². The van der Waals surface area contributed by atoms with Crippen molar-refractivity contribution in [2.45, 2.75) is 31.2 Å². The van der Waals surface area contributed by atoms with Gasteiger partial charge in [-0.1, -0.05) is 77.8 Å². The molecule has 0 aromatic heterocycles. The zero-order chi connectivity index (χ0) is 22.7. The van der Waals surface area contributed by atoms with Crippen LogP contribution in [0.1, 0.15) is 35.3 Å². The Bertz CT molecular complexity index is 1100. The molecule has 1 fully saturated rings. The molecule has 1 aliphatic heterocycles. The molecule has 1 aliphatic rings. The molecule has 0 saturated carbocycles. The lowest BCUT2D eigenvalue weighted by Gasteiger charge is -2.44. The highest BCUT2D eigenvalue weighted by molar-refractivity contribution is 6.30. The number of aliphatic carboxylic acids is 1. The van der Waals surface area contributed by atoms with Gasteiger partial charge in [-0.05, 0) is 41.0 Å². The maximum Gasteiger partial charge on any atom is 0.306 e.